The highest BCUT2D eigenvalue weighted by atomic mass is 32.2. The first-order valence-electron chi connectivity index (χ1n) is 7.55. The van der Waals surface area contributed by atoms with E-state index in [0.29, 0.717) is 24.8 Å². The van der Waals surface area contributed by atoms with Crippen LogP contribution in [0.15, 0.2) is 0 Å². The lowest BCUT2D eigenvalue weighted by molar-refractivity contribution is -0.122. The standard InChI is InChI=1S/C15H32N2OS/c1-13(2)10-14(12-16)11-15(18)17-8-6-4-5-7-9-19-3/h13-14H,4-12,16H2,1-3H3,(H,17,18). The van der Waals surface area contributed by atoms with Crippen LogP contribution in [0.1, 0.15) is 52.4 Å². The molecule has 3 N–H and O–H groups in total. The molecule has 0 heterocycles. The molecule has 0 rings (SSSR count). The maximum Gasteiger partial charge on any atom is 0.220 e. The molecule has 0 aliphatic heterocycles. The second-order valence-electron chi connectivity index (χ2n) is 5.69. The molecular weight excluding hydrogens is 256 g/mol. The number of unbranched alkanes of at least 4 members (excludes halogenated alkanes) is 3. The molecular formula is C15H32N2OS. The molecule has 114 valence electrons. The van der Waals surface area contributed by atoms with Gasteiger partial charge in [-0.15, -0.1) is 0 Å². The molecule has 1 unspecified atom stereocenters. The van der Waals surface area contributed by atoms with Gasteiger partial charge >= 0.3 is 0 Å². The third-order valence-corrected chi connectivity index (χ3v) is 3.91. The molecule has 0 aromatic heterocycles. The average Bonchev–Trinajstić information content (AvgIpc) is 2.36. The second kappa shape index (κ2) is 12.8. The Morgan fingerprint density at radius 1 is 1.21 bits per heavy atom. The number of thioether (sulfide) groups is 1. The summed E-state index contributed by atoms with van der Waals surface area (Å²) in [5.41, 5.74) is 5.71. The van der Waals surface area contributed by atoms with E-state index in [9.17, 15) is 4.79 Å². The molecule has 0 fully saturated rings. The van der Waals surface area contributed by atoms with Crippen LogP contribution in [0, 0.1) is 11.8 Å². The third kappa shape index (κ3) is 12.6. The Morgan fingerprint density at radius 2 is 1.89 bits per heavy atom. The average molecular weight is 289 g/mol. The van der Waals surface area contributed by atoms with Crippen LogP contribution in [-0.4, -0.2) is 31.0 Å². The third-order valence-electron chi connectivity index (χ3n) is 3.21. The maximum absolute atomic E-state index is 11.8. The Hall–Kier alpha value is -0.220. The van der Waals surface area contributed by atoms with Gasteiger partial charge in [0.1, 0.15) is 0 Å². The maximum atomic E-state index is 11.8. The van der Waals surface area contributed by atoms with Crippen LogP contribution < -0.4 is 11.1 Å². The first kappa shape index (κ1) is 18.8. The van der Waals surface area contributed by atoms with Gasteiger partial charge in [0.15, 0.2) is 0 Å². The lowest BCUT2D eigenvalue weighted by Crippen LogP contribution is -2.29. The minimum atomic E-state index is 0.167. The van der Waals surface area contributed by atoms with Crippen molar-refractivity contribution in [1.82, 2.24) is 5.32 Å². The molecule has 0 saturated heterocycles. The van der Waals surface area contributed by atoms with Crippen LogP contribution in [0.3, 0.4) is 0 Å². The number of carbonyl (C=O) groups is 1. The molecule has 0 aromatic carbocycles. The van der Waals surface area contributed by atoms with Gasteiger partial charge in [-0.2, -0.15) is 11.8 Å². The van der Waals surface area contributed by atoms with Gasteiger partial charge in [-0.25, -0.2) is 0 Å². The van der Waals surface area contributed by atoms with Crippen LogP contribution in [0.4, 0.5) is 0 Å². The van der Waals surface area contributed by atoms with Gasteiger partial charge < -0.3 is 11.1 Å². The van der Waals surface area contributed by atoms with Crippen molar-refractivity contribution in [3.8, 4) is 0 Å². The van der Waals surface area contributed by atoms with E-state index in [0.717, 1.165) is 19.4 Å². The van der Waals surface area contributed by atoms with E-state index in [1.165, 1.54) is 25.0 Å². The summed E-state index contributed by atoms with van der Waals surface area (Å²) in [6.07, 6.45) is 8.64. The Labute approximate surface area is 123 Å². The zero-order chi connectivity index (χ0) is 14.5. The molecule has 0 aromatic rings. The fourth-order valence-corrected chi connectivity index (χ4v) is 2.71. The molecule has 1 atom stereocenters. The van der Waals surface area contributed by atoms with Crippen molar-refractivity contribution < 1.29 is 4.79 Å². The van der Waals surface area contributed by atoms with E-state index < -0.39 is 0 Å². The molecule has 0 aliphatic carbocycles. The summed E-state index contributed by atoms with van der Waals surface area (Å²) in [5.74, 6) is 2.36. The number of amides is 1. The zero-order valence-corrected chi connectivity index (χ0v) is 13.7. The van der Waals surface area contributed by atoms with Crippen molar-refractivity contribution in [2.24, 2.45) is 17.6 Å². The lowest BCUT2D eigenvalue weighted by atomic mass is 9.94. The van der Waals surface area contributed by atoms with Gasteiger partial charge in [0.2, 0.25) is 5.91 Å². The summed E-state index contributed by atoms with van der Waals surface area (Å²) in [5, 5.41) is 3.01. The van der Waals surface area contributed by atoms with Crippen LogP contribution >= 0.6 is 11.8 Å². The summed E-state index contributed by atoms with van der Waals surface area (Å²) in [4.78, 5) is 11.8. The highest BCUT2D eigenvalue weighted by Gasteiger charge is 2.13. The molecule has 1 amide bonds. The van der Waals surface area contributed by atoms with Gasteiger partial charge in [0.25, 0.3) is 0 Å². The van der Waals surface area contributed by atoms with Gasteiger partial charge in [-0.05, 0) is 49.7 Å². The first-order valence-corrected chi connectivity index (χ1v) is 8.95. The lowest BCUT2D eigenvalue weighted by Gasteiger charge is -2.16. The van der Waals surface area contributed by atoms with Crippen molar-refractivity contribution >= 4 is 17.7 Å². The quantitative estimate of drug-likeness (QED) is 0.543. The summed E-state index contributed by atoms with van der Waals surface area (Å²) in [6, 6.07) is 0. The fraction of sp³-hybridized carbons (Fsp3) is 0.933. The zero-order valence-electron chi connectivity index (χ0n) is 12.9. The molecule has 19 heavy (non-hydrogen) atoms. The highest BCUT2D eigenvalue weighted by Crippen LogP contribution is 2.14. The summed E-state index contributed by atoms with van der Waals surface area (Å²) >= 11 is 1.90. The van der Waals surface area contributed by atoms with E-state index in [2.05, 4.69) is 25.4 Å². The van der Waals surface area contributed by atoms with E-state index in [-0.39, 0.29) is 5.91 Å². The molecule has 4 heteroatoms. The van der Waals surface area contributed by atoms with Crippen LogP contribution in [0.25, 0.3) is 0 Å². The van der Waals surface area contributed by atoms with E-state index in [1.807, 2.05) is 11.8 Å². The normalized spacial score (nSPS) is 12.7. The van der Waals surface area contributed by atoms with Crippen LogP contribution in [0.5, 0.6) is 0 Å². The minimum Gasteiger partial charge on any atom is -0.356 e. The summed E-state index contributed by atoms with van der Waals surface area (Å²) < 4.78 is 0. The number of hydrogen-bond donors (Lipinski definition) is 2. The van der Waals surface area contributed by atoms with Gasteiger partial charge in [0.05, 0.1) is 0 Å². The highest BCUT2D eigenvalue weighted by molar-refractivity contribution is 7.98. The Morgan fingerprint density at radius 3 is 2.47 bits per heavy atom. The number of rotatable bonds is 12. The molecule has 0 spiro atoms. The molecule has 0 aliphatic rings. The topological polar surface area (TPSA) is 55.1 Å². The second-order valence-corrected chi connectivity index (χ2v) is 6.68. The predicted molar refractivity (Wildman–Crippen MR) is 86.5 cm³/mol. The molecule has 3 nitrogen and oxygen atoms in total. The predicted octanol–water partition coefficient (Wildman–Crippen LogP) is 3.04. The Kier molecular flexibility index (Phi) is 12.6. The first-order chi connectivity index (χ1) is 9.10. The van der Waals surface area contributed by atoms with E-state index in [1.54, 1.807) is 0 Å². The number of hydrogen-bond acceptors (Lipinski definition) is 3. The minimum absolute atomic E-state index is 0.167. The van der Waals surface area contributed by atoms with Crippen molar-refractivity contribution in [1.29, 1.82) is 0 Å². The smallest absolute Gasteiger partial charge is 0.220 e. The van der Waals surface area contributed by atoms with Gasteiger partial charge in [0, 0.05) is 13.0 Å². The van der Waals surface area contributed by atoms with E-state index >= 15 is 0 Å². The van der Waals surface area contributed by atoms with Crippen molar-refractivity contribution in [3.05, 3.63) is 0 Å². The number of nitrogens with two attached hydrogens (primary N) is 1. The molecule has 0 radical (unpaired) electrons. The van der Waals surface area contributed by atoms with Crippen LogP contribution in [0.2, 0.25) is 0 Å². The number of nitrogens with one attached hydrogen (secondary N) is 1. The van der Waals surface area contributed by atoms with Crippen molar-refractivity contribution in [2.45, 2.75) is 52.4 Å². The van der Waals surface area contributed by atoms with E-state index in [4.69, 9.17) is 5.73 Å². The Bertz CT molecular complexity index is 222. The largest absolute Gasteiger partial charge is 0.356 e. The number of carbonyl (C=O) groups excluding carboxylic acids is 1. The Balaban J connectivity index is 3.52. The van der Waals surface area contributed by atoms with Crippen LogP contribution in [-0.2, 0) is 4.79 Å². The summed E-state index contributed by atoms with van der Waals surface area (Å²) in [6.45, 7) is 5.78. The van der Waals surface area contributed by atoms with Gasteiger partial charge in [-0.3, -0.25) is 4.79 Å². The van der Waals surface area contributed by atoms with Crippen molar-refractivity contribution in [3.63, 3.8) is 0 Å². The monoisotopic (exact) mass is 288 g/mol. The summed E-state index contributed by atoms with van der Waals surface area (Å²) in [7, 11) is 0. The SMILES string of the molecule is CSCCCCCCNC(=O)CC(CN)CC(C)C. The van der Waals surface area contributed by atoms with Gasteiger partial charge in [-0.1, -0.05) is 26.7 Å². The fourth-order valence-electron chi connectivity index (χ4n) is 2.22. The van der Waals surface area contributed by atoms with Crippen molar-refractivity contribution in [2.75, 3.05) is 25.1 Å². The molecule has 0 saturated carbocycles. The molecule has 0 bridgehead atoms.